The fourth-order valence-electron chi connectivity index (χ4n) is 1.84. The number of carbonyl (C=O) groups excluding carboxylic acids is 1. The molecule has 0 aliphatic heterocycles. The lowest BCUT2D eigenvalue weighted by Gasteiger charge is -2.12. The van der Waals surface area contributed by atoms with E-state index in [1.165, 1.54) is 30.3 Å². The topological polar surface area (TPSA) is 29.1 Å². The van der Waals surface area contributed by atoms with Crippen LogP contribution in [0.5, 0.6) is 0 Å². The molecule has 2 rings (SSSR count). The molecule has 0 spiro atoms. The molecule has 0 saturated heterocycles. The highest BCUT2D eigenvalue weighted by Crippen LogP contribution is 2.36. The van der Waals surface area contributed by atoms with Crippen molar-refractivity contribution in [1.82, 2.24) is 0 Å². The summed E-state index contributed by atoms with van der Waals surface area (Å²) in [5.41, 5.74) is -0.721. The van der Waals surface area contributed by atoms with Gasteiger partial charge in [-0.1, -0.05) is 34.1 Å². The Morgan fingerprint density at radius 1 is 1.14 bits per heavy atom. The van der Waals surface area contributed by atoms with Gasteiger partial charge in [0, 0.05) is 10.2 Å². The first kappa shape index (κ1) is 16.5. The highest BCUT2D eigenvalue weighted by molar-refractivity contribution is 9.10. The van der Waals surface area contributed by atoms with E-state index >= 15 is 0 Å². The van der Waals surface area contributed by atoms with Gasteiger partial charge in [-0.2, -0.15) is 13.2 Å². The molecular formula is C15H10BrF4NO. The molecule has 0 aliphatic carbocycles. The van der Waals surface area contributed by atoms with Crippen molar-refractivity contribution in [2.24, 2.45) is 0 Å². The maximum absolute atomic E-state index is 13.4. The van der Waals surface area contributed by atoms with Crippen LogP contribution in [0.25, 0.3) is 0 Å². The molecule has 0 heterocycles. The normalized spacial score (nSPS) is 11.3. The van der Waals surface area contributed by atoms with Crippen molar-refractivity contribution in [2.75, 3.05) is 5.32 Å². The standard InChI is InChI=1S/C15H10BrF4NO/c16-12-6-5-10(8-11(12)15(18,19)20)21-14(22)7-9-3-1-2-4-13(9)17/h1-6,8H,7H2,(H,21,22). The van der Waals surface area contributed by atoms with Gasteiger partial charge in [0.05, 0.1) is 12.0 Å². The summed E-state index contributed by atoms with van der Waals surface area (Å²) in [6.45, 7) is 0. The summed E-state index contributed by atoms with van der Waals surface area (Å²) in [6, 6.07) is 9.07. The van der Waals surface area contributed by atoms with Crippen molar-refractivity contribution in [3.8, 4) is 0 Å². The second-order valence-corrected chi connectivity index (χ2v) is 5.36. The lowest BCUT2D eigenvalue weighted by molar-refractivity contribution is -0.138. The molecule has 0 atom stereocenters. The molecule has 2 aromatic carbocycles. The monoisotopic (exact) mass is 375 g/mol. The third-order valence-electron chi connectivity index (χ3n) is 2.86. The molecule has 0 saturated carbocycles. The van der Waals surface area contributed by atoms with E-state index in [0.29, 0.717) is 0 Å². The second-order valence-electron chi connectivity index (χ2n) is 4.51. The van der Waals surface area contributed by atoms with Crippen LogP contribution in [0, 0.1) is 5.82 Å². The average Bonchev–Trinajstić information content (AvgIpc) is 2.42. The first-order chi connectivity index (χ1) is 10.3. The molecule has 2 nitrogen and oxygen atoms in total. The SMILES string of the molecule is O=C(Cc1ccccc1F)Nc1ccc(Br)c(C(F)(F)F)c1. The van der Waals surface area contributed by atoms with Crippen molar-refractivity contribution < 1.29 is 22.4 Å². The summed E-state index contributed by atoms with van der Waals surface area (Å²) in [4.78, 5) is 11.8. The smallest absolute Gasteiger partial charge is 0.326 e. The minimum absolute atomic E-state index is 0.00290. The molecule has 22 heavy (non-hydrogen) atoms. The Hall–Kier alpha value is -1.89. The predicted molar refractivity (Wildman–Crippen MR) is 77.9 cm³/mol. The van der Waals surface area contributed by atoms with E-state index in [1.807, 2.05) is 0 Å². The summed E-state index contributed by atoms with van der Waals surface area (Å²) < 4.78 is 51.6. The summed E-state index contributed by atoms with van der Waals surface area (Å²) in [7, 11) is 0. The molecule has 0 radical (unpaired) electrons. The van der Waals surface area contributed by atoms with Crippen LogP contribution in [0.3, 0.4) is 0 Å². The van der Waals surface area contributed by atoms with Gasteiger partial charge in [-0.3, -0.25) is 4.79 Å². The van der Waals surface area contributed by atoms with Crippen molar-refractivity contribution >= 4 is 27.5 Å². The molecule has 2 aromatic rings. The zero-order valence-electron chi connectivity index (χ0n) is 11.0. The third-order valence-corrected chi connectivity index (χ3v) is 3.56. The zero-order chi connectivity index (χ0) is 16.3. The first-order valence-electron chi connectivity index (χ1n) is 6.17. The van der Waals surface area contributed by atoms with Gasteiger partial charge in [0.25, 0.3) is 0 Å². The molecule has 0 aromatic heterocycles. The minimum atomic E-state index is -4.54. The summed E-state index contributed by atoms with van der Waals surface area (Å²) in [5, 5.41) is 2.33. The molecule has 0 unspecified atom stereocenters. The number of carbonyl (C=O) groups is 1. The number of amides is 1. The summed E-state index contributed by atoms with van der Waals surface area (Å²) in [5.74, 6) is -1.13. The highest BCUT2D eigenvalue weighted by Gasteiger charge is 2.33. The van der Waals surface area contributed by atoms with Gasteiger partial charge in [-0.15, -0.1) is 0 Å². The fourth-order valence-corrected chi connectivity index (χ4v) is 2.31. The fraction of sp³-hybridized carbons (Fsp3) is 0.133. The highest BCUT2D eigenvalue weighted by atomic mass is 79.9. The van der Waals surface area contributed by atoms with Crippen molar-refractivity contribution in [3.63, 3.8) is 0 Å². The van der Waals surface area contributed by atoms with Crippen LogP contribution < -0.4 is 5.32 Å². The second kappa shape index (κ2) is 6.48. The van der Waals surface area contributed by atoms with E-state index in [9.17, 15) is 22.4 Å². The Morgan fingerprint density at radius 2 is 1.82 bits per heavy atom. The maximum Gasteiger partial charge on any atom is 0.417 e. The van der Waals surface area contributed by atoms with E-state index in [1.54, 1.807) is 6.07 Å². The van der Waals surface area contributed by atoms with Gasteiger partial charge < -0.3 is 5.32 Å². The van der Waals surface area contributed by atoms with Gasteiger partial charge in [-0.25, -0.2) is 4.39 Å². The van der Waals surface area contributed by atoms with Crippen molar-refractivity contribution in [3.05, 3.63) is 63.9 Å². The lowest BCUT2D eigenvalue weighted by atomic mass is 10.1. The number of alkyl halides is 3. The first-order valence-corrected chi connectivity index (χ1v) is 6.96. The molecule has 116 valence electrons. The molecule has 0 aliphatic rings. The molecular weight excluding hydrogens is 366 g/mol. The number of nitrogens with one attached hydrogen (secondary N) is 1. The minimum Gasteiger partial charge on any atom is -0.326 e. The van der Waals surface area contributed by atoms with Gasteiger partial charge in [0.2, 0.25) is 5.91 Å². The van der Waals surface area contributed by atoms with Crippen LogP contribution in [0.2, 0.25) is 0 Å². The number of hydrogen-bond acceptors (Lipinski definition) is 1. The molecule has 0 bridgehead atoms. The molecule has 1 N–H and O–H groups in total. The predicted octanol–water partition coefficient (Wildman–Crippen LogP) is 4.79. The van der Waals surface area contributed by atoms with Gasteiger partial charge in [-0.05, 0) is 29.8 Å². The molecule has 0 fully saturated rings. The van der Waals surface area contributed by atoms with E-state index in [-0.39, 0.29) is 22.1 Å². The van der Waals surface area contributed by atoms with Crippen LogP contribution in [-0.4, -0.2) is 5.91 Å². The van der Waals surface area contributed by atoms with E-state index in [4.69, 9.17) is 0 Å². The number of halogens is 5. The van der Waals surface area contributed by atoms with E-state index in [2.05, 4.69) is 21.2 Å². The van der Waals surface area contributed by atoms with Crippen LogP contribution in [0.1, 0.15) is 11.1 Å². The number of rotatable bonds is 3. The Kier molecular flexibility index (Phi) is 4.85. The Morgan fingerprint density at radius 3 is 2.45 bits per heavy atom. The number of hydrogen-bond donors (Lipinski definition) is 1. The van der Waals surface area contributed by atoms with Crippen LogP contribution in [0.15, 0.2) is 46.9 Å². The largest absolute Gasteiger partial charge is 0.417 e. The Balaban J connectivity index is 2.14. The van der Waals surface area contributed by atoms with Crippen molar-refractivity contribution in [1.29, 1.82) is 0 Å². The van der Waals surface area contributed by atoms with Gasteiger partial charge in [0.1, 0.15) is 5.82 Å². The summed E-state index contributed by atoms with van der Waals surface area (Å²) >= 11 is 2.81. The lowest BCUT2D eigenvalue weighted by Crippen LogP contribution is -2.16. The van der Waals surface area contributed by atoms with Gasteiger partial charge in [0.15, 0.2) is 0 Å². The molecule has 7 heteroatoms. The third kappa shape index (κ3) is 4.07. The van der Waals surface area contributed by atoms with E-state index in [0.717, 1.165) is 6.07 Å². The van der Waals surface area contributed by atoms with Crippen molar-refractivity contribution in [2.45, 2.75) is 12.6 Å². The van der Waals surface area contributed by atoms with E-state index < -0.39 is 23.5 Å². The van der Waals surface area contributed by atoms with Crippen LogP contribution in [0.4, 0.5) is 23.2 Å². The van der Waals surface area contributed by atoms with Crippen LogP contribution in [-0.2, 0) is 17.4 Å². The summed E-state index contributed by atoms with van der Waals surface area (Å²) in [6.07, 6.45) is -4.80. The zero-order valence-corrected chi connectivity index (χ0v) is 12.6. The van der Waals surface area contributed by atoms with Gasteiger partial charge >= 0.3 is 6.18 Å². The maximum atomic E-state index is 13.4. The average molecular weight is 376 g/mol. The number of anilines is 1. The quantitative estimate of drug-likeness (QED) is 0.767. The molecule has 1 amide bonds. The Bertz CT molecular complexity index is 700. The number of benzene rings is 2. The van der Waals surface area contributed by atoms with Crippen LogP contribution >= 0.6 is 15.9 Å². The Labute approximate surface area is 132 Å².